The van der Waals surface area contributed by atoms with Crippen LogP contribution in [0.4, 0.5) is 0 Å². The molecule has 0 rings (SSSR count). The van der Waals surface area contributed by atoms with Gasteiger partial charge in [-0.15, -0.1) is 0 Å². The number of hydrogen-bond donors (Lipinski definition) is 0. The van der Waals surface area contributed by atoms with E-state index in [1.807, 2.05) is 0 Å². The number of hydrogen-bond acceptors (Lipinski definition) is 4. The Morgan fingerprint density at radius 2 is 0.867 bits per heavy atom. The summed E-state index contributed by atoms with van der Waals surface area (Å²) < 4.78 is 20.7. The van der Waals surface area contributed by atoms with Crippen molar-refractivity contribution in [2.45, 2.75) is 39.0 Å². The molecule has 0 saturated heterocycles. The molecule has 0 heterocycles. The van der Waals surface area contributed by atoms with Crippen molar-refractivity contribution in [1.82, 2.24) is 0 Å². The Kier molecular flexibility index (Phi) is 11.6. The minimum Gasteiger partial charge on any atom is -0.799 e. The average molecular weight is 308 g/mol. The monoisotopic (exact) mass is 306 g/mol. The van der Waals surface area contributed by atoms with Gasteiger partial charge in [-0.3, -0.25) is 0 Å². The first-order chi connectivity index (χ1) is 5.89. The third-order valence-electron chi connectivity index (χ3n) is 1.88. The van der Waals surface area contributed by atoms with Gasteiger partial charge in [0.1, 0.15) is 0 Å². The molecule has 0 spiro atoms. The van der Waals surface area contributed by atoms with Crippen LogP contribution in [0.15, 0.2) is 0 Å². The Bertz CT molecular complexity index is 215. The van der Waals surface area contributed by atoms with Gasteiger partial charge in [0.15, 0.2) is 0 Å². The largest absolute Gasteiger partial charge is 2.00 e. The van der Waals surface area contributed by atoms with Gasteiger partial charge < -0.3 is 18.9 Å². The molecule has 0 aromatic carbocycles. The van der Waals surface area contributed by atoms with Gasteiger partial charge in [0.25, 0.3) is 0 Å². The molecule has 0 aliphatic rings. The molecular weight excluding hydrogens is 287 g/mol. The van der Waals surface area contributed by atoms with Crippen molar-refractivity contribution in [3.05, 3.63) is 0 Å². The first-order valence-electron chi connectivity index (χ1n) is 4.45. The van der Waals surface area contributed by atoms with Gasteiger partial charge in [-0.1, -0.05) is 27.7 Å². The minimum absolute atomic E-state index is 0. The first kappa shape index (κ1) is 21.3. The molecular formula is C8H20O4P2Zn. The molecule has 0 N–H and O–H groups in total. The molecule has 7 heteroatoms. The Hall–Kier alpha value is 1.00. The zero-order chi connectivity index (χ0) is 12.2. The molecule has 0 saturated carbocycles. The SMILES string of the molecule is CC(C)P(C)(=O)[O-].CC(C)P(C)(=O)[O-].[Zn+2]. The first-order valence-corrected chi connectivity index (χ1v) is 8.73. The van der Waals surface area contributed by atoms with Crippen LogP contribution >= 0.6 is 14.7 Å². The molecule has 0 aromatic heterocycles. The van der Waals surface area contributed by atoms with E-state index >= 15 is 0 Å². The second kappa shape index (κ2) is 8.15. The average Bonchev–Trinajstić information content (AvgIpc) is 1.83. The molecule has 0 aliphatic heterocycles. The summed E-state index contributed by atoms with van der Waals surface area (Å²) in [6.45, 7) is 9.22. The summed E-state index contributed by atoms with van der Waals surface area (Å²) >= 11 is 0. The van der Waals surface area contributed by atoms with Crippen LogP contribution in [0.1, 0.15) is 27.7 Å². The maximum Gasteiger partial charge on any atom is 2.00 e. The van der Waals surface area contributed by atoms with Crippen LogP contribution in [0.5, 0.6) is 0 Å². The fourth-order valence-electron chi connectivity index (χ4n) is 0. The van der Waals surface area contributed by atoms with Crippen LogP contribution < -0.4 is 9.79 Å². The van der Waals surface area contributed by atoms with Gasteiger partial charge >= 0.3 is 19.5 Å². The Labute approximate surface area is 106 Å². The van der Waals surface area contributed by atoms with Gasteiger partial charge in [0, 0.05) is 14.7 Å². The van der Waals surface area contributed by atoms with E-state index in [2.05, 4.69) is 0 Å². The Morgan fingerprint density at radius 3 is 0.867 bits per heavy atom. The predicted octanol–water partition coefficient (Wildman–Crippen LogP) is 1.32. The van der Waals surface area contributed by atoms with Gasteiger partial charge in [0.2, 0.25) is 0 Å². The van der Waals surface area contributed by atoms with Gasteiger partial charge in [0.05, 0.1) is 0 Å². The molecule has 0 fully saturated rings. The zero-order valence-corrected chi connectivity index (χ0v) is 15.1. The smallest absolute Gasteiger partial charge is 0.799 e. The Morgan fingerprint density at radius 1 is 0.800 bits per heavy atom. The van der Waals surface area contributed by atoms with E-state index in [1.54, 1.807) is 27.7 Å². The van der Waals surface area contributed by atoms with E-state index < -0.39 is 14.7 Å². The van der Waals surface area contributed by atoms with Crippen LogP contribution in [0.3, 0.4) is 0 Å². The van der Waals surface area contributed by atoms with Gasteiger partial charge in [-0.25, -0.2) is 0 Å². The molecule has 2 unspecified atom stereocenters. The normalized spacial score (nSPS) is 18.3. The van der Waals surface area contributed by atoms with E-state index in [4.69, 9.17) is 0 Å². The summed E-state index contributed by atoms with van der Waals surface area (Å²) in [5.74, 6) is 0. The third-order valence-corrected chi connectivity index (χ3v) is 5.63. The van der Waals surface area contributed by atoms with E-state index in [9.17, 15) is 18.9 Å². The maximum atomic E-state index is 10.4. The van der Waals surface area contributed by atoms with E-state index in [0.717, 1.165) is 0 Å². The summed E-state index contributed by atoms with van der Waals surface area (Å²) in [6, 6.07) is 0. The van der Waals surface area contributed by atoms with Crippen LogP contribution in [-0.4, -0.2) is 24.6 Å². The van der Waals surface area contributed by atoms with E-state index in [-0.39, 0.29) is 30.8 Å². The van der Waals surface area contributed by atoms with Crippen molar-refractivity contribution in [3.63, 3.8) is 0 Å². The summed E-state index contributed by atoms with van der Waals surface area (Å²) in [6.07, 6.45) is 0. The molecule has 4 nitrogen and oxygen atoms in total. The second-order valence-electron chi connectivity index (χ2n) is 4.00. The van der Waals surface area contributed by atoms with E-state index in [1.165, 1.54) is 13.3 Å². The quantitative estimate of drug-likeness (QED) is 0.569. The Balaban J connectivity index is -0.000000180. The third kappa shape index (κ3) is 15.0. The zero-order valence-electron chi connectivity index (χ0n) is 10.4. The topological polar surface area (TPSA) is 80.3 Å². The van der Waals surface area contributed by atoms with Crippen LogP contribution in [0.2, 0.25) is 0 Å². The van der Waals surface area contributed by atoms with Crippen molar-refractivity contribution >= 4 is 14.7 Å². The van der Waals surface area contributed by atoms with Crippen molar-refractivity contribution in [2.75, 3.05) is 13.3 Å². The van der Waals surface area contributed by atoms with Gasteiger partial charge in [-0.05, 0) is 24.6 Å². The molecule has 0 amide bonds. The van der Waals surface area contributed by atoms with E-state index in [0.29, 0.717) is 0 Å². The molecule has 0 aromatic rings. The van der Waals surface area contributed by atoms with Crippen LogP contribution in [-0.2, 0) is 28.6 Å². The summed E-state index contributed by atoms with van der Waals surface area (Å²) in [7, 11) is -5.98. The molecule has 0 radical (unpaired) electrons. The summed E-state index contributed by atoms with van der Waals surface area (Å²) in [5.41, 5.74) is -0.403. The molecule has 0 aliphatic carbocycles. The van der Waals surface area contributed by atoms with Crippen molar-refractivity contribution < 1.29 is 38.4 Å². The number of rotatable bonds is 2. The standard InChI is InChI=1S/2C4H11O2P.Zn/c2*1-4(2)7(3,5)6;/h2*4H,1-3H3,(H,5,6);/q;;+2/p-2. The van der Waals surface area contributed by atoms with Crippen LogP contribution in [0.25, 0.3) is 0 Å². The molecule has 15 heavy (non-hydrogen) atoms. The molecule has 0 bridgehead atoms. The fraction of sp³-hybridized carbons (Fsp3) is 1.00. The molecule has 88 valence electrons. The second-order valence-corrected chi connectivity index (χ2v) is 9.71. The minimum atomic E-state index is -2.99. The maximum absolute atomic E-state index is 10.4. The van der Waals surface area contributed by atoms with Crippen molar-refractivity contribution in [3.8, 4) is 0 Å². The van der Waals surface area contributed by atoms with Gasteiger partial charge in [-0.2, -0.15) is 0 Å². The fourth-order valence-corrected chi connectivity index (χ4v) is 0. The van der Waals surface area contributed by atoms with Crippen LogP contribution in [0, 0.1) is 0 Å². The van der Waals surface area contributed by atoms with Crippen molar-refractivity contribution in [1.29, 1.82) is 0 Å². The predicted molar refractivity (Wildman–Crippen MR) is 57.3 cm³/mol. The van der Waals surface area contributed by atoms with Crippen molar-refractivity contribution in [2.24, 2.45) is 0 Å². The summed E-state index contributed by atoms with van der Waals surface area (Å²) in [5, 5.41) is 0. The molecule has 2 atom stereocenters. The summed E-state index contributed by atoms with van der Waals surface area (Å²) in [4.78, 5) is 20.7.